The van der Waals surface area contributed by atoms with Crippen LogP contribution in [0.15, 0.2) is 41.4 Å². The summed E-state index contributed by atoms with van der Waals surface area (Å²) in [7, 11) is 0. The van der Waals surface area contributed by atoms with E-state index in [-0.39, 0.29) is 5.56 Å². The molecule has 1 aromatic heterocycles. The third kappa shape index (κ3) is 4.48. The van der Waals surface area contributed by atoms with Crippen molar-refractivity contribution in [3.05, 3.63) is 58.2 Å². The van der Waals surface area contributed by atoms with Crippen molar-refractivity contribution in [3.8, 4) is 0 Å². The van der Waals surface area contributed by atoms with E-state index in [2.05, 4.69) is 4.98 Å². The van der Waals surface area contributed by atoms with Crippen LogP contribution in [-0.2, 0) is 12.2 Å². The average Bonchev–Trinajstić information content (AvgIpc) is 2.46. The maximum Gasteiger partial charge on any atom is 0.335 e. The third-order valence-corrected chi connectivity index (χ3v) is 4.27. The molecule has 5 heteroatoms. The first-order valence-electron chi connectivity index (χ1n) is 6.70. The number of aromatic nitrogens is 1. The van der Waals surface area contributed by atoms with Crippen molar-refractivity contribution >= 4 is 29.3 Å². The van der Waals surface area contributed by atoms with Crippen molar-refractivity contribution in [3.63, 3.8) is 0 Å². The SMILES string of the molecule is CCCc1cc(C(=O)O)cc(SCc2ccccc2Cl)n1. The number of carboxylic acids is 1. The van der Waals surface area contributed by atoms with E-state index in [1.807, 2.05) is 31.2 Å². The Balaban J connectivity index is 2.19. The van der Waals surface area contributed by atoms with Crippen LogP contribution in [-0.4, -0.2) is 16.1 Å². The van der Waals surface area contributed by atoms with Gasteiger partial charge in [-0.05, 0) is 30.2 Å². The summed E-state index contributed by atoms with van der Waals surface area (Å²) < 4.78 is 0. The quantitative estimate of drug-likeness (QED) is 0.785. The number of thioether (sulfide) groups is 1. The van der Waals surface area contributed by atoms with Crippen LogP contribution in [0.1, 0.15) is 35.0 Å². The Morgan fingerprint density at radius 2 is 2.10 bits per heavy atom. The number of hydrogen-bond acceptors (Lipinski definition) is 3. The zero-order chi connectivity index (χ0) is 15.2. The first-order valence-corrected chi connectivity index (χ1v) is 8.07. The van der Waals surface area contributed by atoms with Gasteiger partial charge in [-0.1, -0.05) is 43.1 Å². The molecule has 1 heterocycles. The van der Waals surface area contributed by atoms with Gasteiger partial charge < -0.3 is 5.11 Å². The van der Waals surface area contributed by atoms with Crippen LogP contribution in [0, 0.1) is 0 Å². The predicted octanol–water partition coefficient (Wildman–Crippen LogP) is 4.68. The van der Waals surface area contributed by atoms with Crippen molar-refractivity contribution < 1.29 is 9.90 Å². The van der Waals surface area contributed by atoms with Gasteiger partial charge in [-0.15, -0.1) is 11.8 Å². The standard InChI is InChI=1S/C16H16ClNO2S/c1-2-5-13-8-12(16(19)20)9-15(18-13)21-10-11-6-3-4-7-14(11)17/h3-4,6-9H,2,5,10H2,1H3,(H,19,20). The molecule has 1 aromatic carbocycles. The summed E-state index contributed by atoms with van der Waals surface area (Å²) in [6.45, 7) is 2.05. The molecule has 110 valence electrons. The summed E-state index contributed by atoms with van der Waals surface area (Å²) in [5.74, 6) is -0.254. The van der Waals surface area contributed by atoms with Gasteiger partial charge in [0.05, 0.1) is 10.6 Å². The minimum Gasteiger partial charge on any atom is -0.478 e. The molecule has 0 amide bonds. The van der Waals surface area contributed by atoms with Gasteiger partial charge in [0, 0.05) is 16.5 Å². The molecule has 3 nitrogen and oxygen atoms in total. The number of halogens is 1. The molecule has 0 saturated carbocycles. The molecule has 0 aliphatic heterocycles. The topological polar surface area (TPSA) is 50.2 Å². The molecule has 2 rings (SSSR count). The van der Waals surface area contributed by atoms with Crippen LogP contribution >= 0.6 is 23.4 Å². The van der Waals surface area contributed by atoms with E-state index in [4.69, 9.17) is 11.6 Å². The van der Waals surface area contributed by atoms with Gasteiger partial charge in [-0.3, -0.25) is 0 Å². The van der Waals surface area contributed by atoms with Gasteiger partial charge in [0.1, 0.15) is 0 Å². The van der Waals surface area contributed by atoms with Gasteiger partial charge in [0.25, 0.3) is 0 Å². The highest BCUT2D eigenvalue weighted by Crippen LogP contribution is 2.26. The molecule has 0 saturated heterocycles. The monoisotopic (exact) mass is 321 g/mol. The molecule has 0 aliphatic rings. The lowest BCUT2D eigenvalue weighted by molar-refractivity contribution is 0.0696. The number of carbonyl (C=O) groups is 1. The highest BCUT2D eigenvalue weighted by Gasteiger charge is 2.09. The molecule has 2 aromatic rings. The lowest BCUT2D eigenvalue weighted by Crippen LogP contribution is -2.01. The zero-order valence-electron chi connectivity index (χ0n) is 11.7. The number of rotatable bonds is 6. The molecule has 0 spiro atoms. The van der Waals surface area contributed by atoms with E-state index in [9.17, 15) is 9.90 Å². The second-order valence-electron chi connectivity index (χ2n) is 4.62. The summed E-state index contributed by atoms with van der Waals surface area (Å²) in [4.78, 5) is 15.7. The van der Waals surface area contributed by atoms with Crippen LogP contribution in [0.25, 0.3) is 0 Å². The number of hydrogen-bond donors (Lipinski definition) is 1. The summed E-state index contributed by atoms with van der Waals surface area (Å²) >= 11 is 7.63. The zero-order valence-corrected chi connectivity index (χ0v) is 13.2. The maximum absolute atomic E-state index is 11.2. The lowest BCUT2D eigenvalue weighted by atomic mass is 10.2. The van der Waals surface area contributed by atoms with Gasteiger partial charge in [0.15, 0.2) is 0 Å². The number of aromatic carboxylic acids is 1. The van der Waals surface area contributed by atoms with E-state index in [1.54, 1.807) is 12.1 Å². The van der Waals surface area contributed by atoms with Crippen molar-refractivity contribution in [2.75, 3.05) is 0 Å². The Morgan fingerprint density at radius 3 is 2.76 bits per heavy atom. The first kappa shape index (κ1) is 15.9. The number of carboxylic acid groups (broad SMARTS) is 1. The van der Waals surface area contributed by atoms with Gasteiger partial charge in [-0.25, -0.2) is 9.78 Å². The molecule has 0 radical (unpaired) electrons. The molecular weight excluding hydrogens is 306 g/mol. The molecule has 0 fully saturated rings. The van der Waals surface area contributed by atoms with Crippen LogP contribution in [0.3, 0.4) is 0 Å². The van der Waals surface area contributed by atoms with Gasteiger partial charge in [-0.2, -0.15) is 0 Å². The molecule has 0 bridgehead atoms. The van der Waals surface area contributed by atoms with Crippen molar-refractivity contribution in [1.82, 2.24) is 4.98 Å². The molecule has 0 unspecified atom stereocenters. The second kappa shape index (κ2) is 7.48. The molecule has 0 aliphatic carbocycles. The van der Waals surface area contributed by atoms with E-state index < -0.39 is 5.97 Å². The fourth-order valence-electron chi connectivity index (χ4n) is 1.91. The van der Waals surface area contributed by atoms with Crippen molar-refractivity contribution in [2.24, 2.45) is 0 Å². The Labute approximate surface area is 133 Å². The Hall–Kier alpha value is -1.52. The highest BCUT2D eigenvalue weighted by molar-refractivity contribution is 7.98. The largest absolute Gasteiger partial charge is 0.478 e. The first-order chi connectivity index (χ1) is 10.1. The number of aryl methyl sites for hydroxylation is 1. The van der Waals surface area contributed by atoms with Crippen molar-refractivity contribution in [2.45, 2.75) is 30.5 Å². The summed E-state index contributed by atoms with van der Waals surface area (Å²) in [5.41, 5.74) is 2.12. The number of benzene rings is 1. The van der Waals surface area contributed by atoms with Crippen LogP contribution in [0.2, 0.25) is 5.02 Å². The van der Waals surface area contributed by atoms with Crippen LogP contribution < -0.4 is 0 Å². The fourth-order valence-corrected chi connectivity index (χ4v) is 3.14. The lowest BCUT2D eigenvalue weighted by Gasteiger charge is -2.07. The van der Waals surface area contributed by atoms with Gasteiger partial charge >= 0.3 is 5.97 Å². The predicted molar refractivity (Wildman–Crippen MR) is 86.2 cm³/mol. The van der Waals surface area contributed by atoms with E-state index in [1.165, 1.54) is 11.8 Å². The van der Waals surface area contributed by atoms with E-state index >= 15 is 0 Å². The molecule has 21 heavy (non-hydrogen) atoms. The Bertz CT molecular complexity index is 646. The highest BCUT2D eigenvalue weighted by atomic mass is 35.5. The summed E-state index contributed by atoms with van der Waals surface area (Å²) in [6.07, 6.45) is 1.71. The Morgan fingerprint density at radius 1 is 1.33 bits per heavy atom. The third-order valence-electron chi connectivity index (χ3n) is 2.94. The van der Waals surface area contributed by atoms with Crippen molar-refractivity contribution in [1.29, 1.82) is 0 Å². The molecular formula is C16H16ClNO2S. The van der Waals surface area contributed by atoms with E-state index in [0.717, 1.165) is 29.1 Å². The number of nitrogens with zero attached hydrogens (tertiary/aromatic N) is 1. The maximum atomic E-state index is 11.2. The van der Waals surface area contributed by atoms with Crippen LogP contribution in [0.5, 0.6) is 0 Å². The minimum absolute atomic E-state index is 0.287. The Kier molecular flexibility index (Phi) is 5.65. The van der Waals surface area contributed by atoms with Gasteiger partial charge in [0.2, 0.25) is 0 Å². The number of pyridine rings is 1. The fraction of sp³-hybridized carbons (Fsp3) is 0.250. The summed E-state index contributed by atoms with van der Waals surface area (Å²) in [6, 6.07) is 10.9. The smallest absolute Gasteiger partial charge is 0.335 e. The molecule has 0 atom stereocenters. The van der Waals surface area contributed by atoms with E-state index in [0.29, 0.717) is 10.8 Å². The second-order valence-corrected chi connectivity index (χ2v) is 6.02. The average molecular weight is 322 g/mol. The van der Waals surface area contributed by atoms with Crippen LogP contribution in [0.4, 0.5) is 0 Å². The summed E-state index contributed by atoms with van der Waals surface area (Å²) in [5, 5.41) is 10.6. The molecule has 1 N–H and O–H groups in total. The normalized spacial score (nSPS) is 10.6. The minimum atomic E-state index is -0.922.